The van der Waals surface area contributed by atoms with Crippen molar-refractivity contribution in [3.63, 3.8) is 0 Å². The highest BCUT2D eigenvalue weighted by Gasteiger charge is 2.27. The van der Waals surface area contributed by atoms with Gasteiger partial charge in [0.1, 0.15) is 0 Å². The number of thiophene rings is 1. The zero-order chi connectivity index (χ0) is 17.8. The fourth-order valence-corrected chi connectivity index (χ4v) is 4.60. The Labute approximate surface area is 158 Å². The molecule has 1 saturated heterocycles. The number of carbonyl (C=O) groups is 1. The van der Waals surface area contributed by atoms with Crippen molar-refractivity contribution in [1.29, 1.82) is 0 Å². The molecule has 0 radical (unpaired) electrons. The molecule has 4 rings (SSSR count). The summed E-state index contributed by atoms with van der Waals surface area (Å²) < 4.78 is 7.64. The van der Waals surface area contributed by atoms with Gasteiger partial charge in [-0.3, -0.25) is 14.4 Å². The average Bonchev–Trinajstić information content (AvgIpc) is 3.34. The first-order valence-electron chi connectivity index (χ1n) is 9.42. The Balaban J connectivity index is 1.33. The monoisotopic (exact) mass is 374 g/mol. The van der Waals surface area contributed by atoms with E-state index in [1.165, 1.54) is 5.69 Å². The molecular weight excluding hydrogens is 348 g/mol. The number of aromatic nitrogens is 2. The van der Waals surface area contributed by atoms with E-state index in [9.17, 15) is 4.79 Å². The quantitative estimate of drug-likeness (QED) is 0.844. The second-order valence-corrected chi connectivity index (χ2v) is 8.01. The van der Waals surface area contributed by atoms with Crippen LogP contribution in [0.3, 0.4) is 0 Å². The lowest BCUT2D eigenvalue weighted by atomic mass is 9.98. The van der Waals surface area contributed by atoms with Crippen molar-refractivity contribution in [1.82, 2.24) is 20.0 Å². The molecule has 0 aliphatic carbocycles. The van der Waals surface area contributed by atoms with Gasteiger partial charge in [0.2, 0.25) is 0 Å². The lowest BCUT2D eigenvalue weighted by molar-refractivity contribution is 0.0443. The van der Waals surface area contributed by atoms with Crippen LogP contribution in [0.15, 0.2) is 29.1 Å². The first-order valence-corrected chi connectivity index (χ1v) is 10.4. The van der Waals surface area contributed by atoms with Crippen LogP contribution in [-0.2, 0) is 11.3 Å². The predicted octanol–water partition coefficient (Wildman–Crippen LogP) is 2.55. The number of ether oxygens (including phenoxy) is 1. The van der Waals surface area contributed by atoms with E-state index in [0.717, 1.165) is 63.6 Å². The molecule has 1 fully saturated rings. The maximum Gasteiger partial charge on any atom is 0.252 e. The van der Waals surface area contributed by atoms with Gasteiger partial charge in [-0.25, -0.2) is 0 Å². The first-order chi connectivity index (χ1) is 12.8. The molecule has 2 aromatic rings. The molecule has 0 spiro atoms. The Bertz CT molecular complexity index is 709. The summed E-state index contributed by atoms with van der Waals surface area (Å²) in [6.07, 6.45) is 5.12. The number of nitrogens with one attached hydrogen (secondary N) is 1. The van der Waals surface area contributed by atoms with Gasteiger partial charge in [-0.05, 0) is 42.7 Å². The van der Waals surface area contributed by atoms with E-state index < -0.39 is 0 Å². The summed E-state index contributed by atoms with van der Waals surface area (Å²) in [5, 5.41) is 11.4. The van der Waals surface area contributed by atoms with Crippen LogP contribution in [0.4, 0.5) is 0 Å². The van der Waals surface area contributed by atoms with E-state index >= 15 is 0 Å². The molecule has 0 aromatic carbocycles. The van der Waals surface area contributed by atoms with Crippen molar-refractivity contribution >= 4 is 17.2 Å². The maximum absolute atomic E-state index is 12.1. The van der Waals surface area contributed by atoms with Gasteiger partial charge in [-0.15, -0.1) is 0 Å². The summed E-state index contributed by atoms with van der Waals surface area (Å²) in [7, 11) is 0. The summed E-state index contributed by atoms with van der Waals surface area (Å²) in [4.78, 5) is 14.7. The van der Waals surface area contributed by atoms with Crippen LogP contribution in [0.25, 0.3) is 0 Å². The Hall–Kier alpha value is -1.70. The van der Waals surface area contributed by atoms with E-state index in [2.05, 4.69) is 26.1 Å². The molecule has 2 aromatic heterocycles. The van der Waals surface area contributed by atoms with Crippen molar-refractivity contribution in [3.8, 4) is 0 Å². The first kappa shape index (κ1) is 17.7. The molecule has 26 heavy (non-hydrogen) atoms. The summed E-state index contributed by atoms with van der Waals surface area (Å²) in [6.45, 7) is 5.56. The Morgan fingerprint density at radius 1 is 1.35 bits per heavy atom. The zero-order valence-corrected chi connectivity index (χ0v) is 15.8. The Kier molecular flexibility index (Phi) is 5.67. The number of fused-ring (bicyclic) bond motifs is 1. The Morgan fingerprint density at radius 2 is 2.23 bits per heavy atom. The molecular formula is C19H26N4O2S. The highest BCUT2D eigenvalue weighted by Crippen LogP contribution is 2.25. The SMILES string of the molecule is O=C(NCC[C@H]1CN(CC2CCOCC2)Cc2ccnn21)c1ccsc1. The summed E-state index contributed by atoms with van der Waals surface area (Å²) >= 11 is 1.55. The van der Waals surface area contributed by atoms with Crippen molar-refractivity contribution in [2.45, 2.75) is 31.8 Å². The fourth-order valence-electron chi connectivity index (χ4n) is 3.96. The minimum Gasteiger partial charge on any atom is -0.381 e. The zero-order valence-electron chi connectivity index (χ0n) is 15.0. The largest absolute Gasteiger partial charge is 0.381 e. The smallest absolute Gasteiger partial charge is 0.252 e. The van der Waals surface area contributed by atoms with Gasteiger partial charge in [-0.2, -0.15) is 16.4 Å². The molecule has 1 amide bonds. The molecule has 2 aliphatic rings. The van der Waals surface area contributed by atoms with E-state index in [4.69, 9.17) is 4.74 Å². The molecule has 1 atom stereocenters. The molecule has 0 unspecified atom stereocenters. The van der Waals surface area contributed by atoms with E-state index in [0.29, 0.717) is 12.6 Å². The predicted molar refractivity (Wildman–Crippen MR) is 101 cm³/mol. The van der Waals surface area contributed by atoms with Gasteiger partial charge in [-0.1, -0.05) is 0 Å². The van der Waals surface area contributed by atoms with Crippen molar-refractivity contribution in [2.24, 2.45) is 5.92 Å². The van der Waals surface area contributed by atoms with E-state index in [1.807, 2.05) is 23.0 Å². The van der Waals surface area contributed by atoms with Gasteiger partial charge >= 0.3 is 0 Å². The second-order valence-electron chi connectivity index (χ2n) is 7.23. The number of nitrogens with zero attached hydrogens (tertiary/aromatic N) is 3. The standard InChI is InChI=1S/C19H26N4O2S/c24-19(16-5-10-26-14-16)20-6-1-17-12-22(11-15-3-8-25-9-4-15)13-18-2-7-21-23(17)18/h2,5,7,10,14-15,17H,1,3-4,6,8-9,11-13H2,(H,20,24)/t17-/m0/s1. The van der Waals surface area contributed by atoms with Crippen molar-refractivity contribution in [3.05, 3.63) is 40.3 Å². The topological polar surface area (TPSA) is 59.4 Å². The molecule has 140 valence electrons. The number of amides is 1. The number of hydrogen-bond acceptors (Lipinski definition) is 5. The van der Waals surface area contributed by atoms with Gasteiger partial charge in [0.25, 0.3) is 5.91 Å². The third-order valence-electron chi connectivity index (χ3n) is 5.36. The maximum atomic E-state index is 12.1. The molecule has 6 nitrogen and oxygen atoms in total. The third kappa shape index (κ3) is 4.16. The summed E-state index contributed by atoms with van der Waals surface area (Å²) in [6, 6.07) is 4.30. The second kappa shape index (κ2) is 8.33. The summed E-state index contributed by atoms with van der Waals surface area (Å²) in [5.74, 6) is 0.749. The van der Waals surface area contributed by atoms with Crippen LogP contribution < -0.4 is 5.32 Å². The lowest BCUT2D eigenvalue weighted by Gasteiger charge is -2.36. The highest BCUT2D eigenvalue weighted by molar-refractivity contribution is 7.08. The fraction of sp³-hybridized carbons (Fsp3) is 0.579. The molecule has 1 N–H and O–H groups in total. The number of carbonyl (C=O) groups excluding carboxylic acids is 1. The highest BCUT2D eigenvalue weighted by atomic mass is 32.1. The van der Waals surface area contributed by atoms with Crippen LogP contribution >= 0.6 is 11.3 Å². The van der Waals surface area contributed by atoms with Crippen LogP contribution in [-0.4, -0.2) is 53.4 Å². The van der Waals surface area contributed by atoms with Crippen LogP contribution in [0.1, 0.15) is 41.4 Å². The average molecular weight is 375 g/mol. The minimum absolute atomic E-state index is 0.0156. The number of hydrogen-bond donors (Lipinski definition) is 1. The lowest BCUT2D eigenvalue weighted by Crippen LogP contribution is -2.42. The van der Waals surface area contributed by atoms with Crippen LogP contribution in [0.5, 0.6) is 0 Å². The molecule has 0 saturated carbocycles. The number of rotatable bonds is 6. The van der Waals surface area contributed by atoms with Gasteiger partial charge < -0.3 is 10.1 Å². The van der Waals surface area contributed by atoms with E-state index in [-0.39, 0.29) is 5.91 Å². The van der Waals surface area contributed by atoms with Crippen molar-refractivity contribution in [2.75, 3.05) is 32.8 Å². The van der Waals surface area contributed by atoms with Crippen molar-refractivity contribution < 1.29 is 9.53 Å². The van der Waals surface area contributed by atoms with Gasteiger partial charge in [0.15, 0.2) is 0 Å². The van der Waals surface area contributed by atoms with Gasteiger partial charge in [0.05, 0.1) is 11.7 Å². The molecule has 2 aliphatic heterocycles. The molecule has 0 bridgehead atoms. The molecule has 4 heterocycles. The van der Waals surface area contributed by atoms with Crippen LogP contribution in [0.2, 0.25) is 0 Å². The van der Waals surface area contributed by atoms with Gasteiger partial charge in [0, 0.05) is 56.5 Å². The summed E-state index contributed by atoms with van der Waals surface area (Å²) in [5.41, 5.74) is 2.03. The minimum atomic E-state index is 0.0156. The molecule has 7 heteroatoms. The Morgan fingerprint density at radius 3 is 3.04 bits per heavy atom. The normalized spacial score (nSPS) is 21.5. The van der Waals surface area contributed by atoms with E-state index in [1.54, 1.807) is 11.3 Å². The third-order valence-corrected chi connectivity index (χ3v) is 6.04. The van der Waals surface area contributed by atoms with Crippen LogP contribution in [0, 0.1) is 5.92 Å².